The molecule has 6 nitrogen and oxygen atoms in total. The molecule has 1 aliphatic rings. The second kappa shape index (κ2) is 8.37. The van der Waals surface area contributed by atoms with Crippen LogP contribution < -0.4 is 10.6 Å². The molecule has 2 N–H and O–H groups in total. The summed E-state index contributed by atoms with van der Waals surface area (Å²) < 4.78 is 4.90. The van der Waals surface area contributed by atoms with Crippen LogP contribution in [-0.4, -0.2) is 23.5 Å². The highest BCUT2D eigenvalue weighted by molar-refractivity contribution is 5.93. The van der Waals surface area contributed by atoms with E-state index in [-0.39, 0.29) is 24.3 Å². The van der Waals surface area contributed by atoms with E-state index >= 15 is 0 Å². The smallest absolute Gasteiger partial charge is 0.245 e. The van der Waals surface area contributed by atoms with Gasteiger partial charge in [-0.05, 0) is 54.7 Å². The molecule has 0 aliphatic heterocycles. The first kappa shape index (κ1) is 19.1. The maximum Gasteiger partial charge on any atom is 0.245 e. The average molecular weight is 369 g/mol. The molecule has 0 fully saturated rings. The van der Waals surface area contributed by atoms with E-state index in [0.29, 0.717) is 23.9 Å². The Morgan fingerprint density at radius 2 is 1.93 bits per heavy atom. The third-order valence-corrected chi connectivity index (χ3v) is 5.10. The third kappa shape index (κ3) is 4.96. The van der Waals surface area contributed by atoms with Gasteiger partial charge in [0.1, 0.15) is 5.76 Å². The van der Waals surface area contributed by atoms with E-state index in [1.54, 1.807) is 13.0 Å². The van der Waals surface area contributed by atoms with Gasteiger partial charge in [-0.3, -0.25) is 9.59 Å². The molecule has 0 radical (unpaired) electrons. The molecule has 1 aromatic heterocycles. The highest BCUT2D eigenvalue weighted by Crippen LogP contribution is 2.32. The number of rotatable bonds is 7. The molecule has 1 unspecified atom stereocenters. The van der Waals surface area contributed by atoms with Crippen LogP contribution in [0.4, 0.5) is 5.82 Å². The molecule has 27 heavy (non-hydrogen) atoms. The molecule has 0 saturated carbocycles. The number of nitrogens with zero attached hydrogens (tertiary/aromatic N) is 1. The zero-order chi connectivity index (χ0) is 19.4. The maximum absolute atomic E-state index is 12.4. The molecule has 6 heteroatoms. The van der Waals surface area contributed by atoms with Crippen LogP contribution in [0.25, 0.3) is 0 Å². The van der Waals surface area contributed by atoms with Crippen molar-refractivity contribution < 1.29 is 14.1 Å². The van der Waals surface area contributed by atoms with E-state index in [2.05, 4.69) is 47.8 Å². The van der Waals surface area contributed by atoms with Gasteiger partial charge >= 0.3 is 0 Å². The molecule has 2 amide bonds. The highest BCUT2D eigenvalue weighted by Gasteiger charge is 2.22. The number of carbonyl (C=O) groups is 2. The van der Waals surface area contributed by atoms with Gasteiger partial charge in [-0.1, -0.05) is 37.2 Å². The summed E-state index contributed by atoms with van der Waals surface area (Å²) in [4.78, 5) is 24.3. The molecule has 0 spiro atoms. The Morgan fingerprint density at radius 1 is 1.15 bits per heavy atom. The molecule has 1 aromatic carbocycles. The van der Waals surface area contributed by atoms with Crippen LogP contribution in [0.2, 0.25) is 0 Å². The molecular formula is C21H27N3O3. The minimum Gasteiger partial charge on any atom is -0.360 e. The normalized spacial score (nSPS) is 14.1. The number of carbonyl (C=O) groups excluding carboxylic acids is 2. The summed E-state index contributed by atoms with van der Waals surface area (Å²) in [6, 6.07) is 8.25. The van der Waals surface area contributed by atoms with Gasteiger partial charge in [-0.15, -0.1) is 0 Å². The average Bonchev–Trinajstić information content (AvgIpc) is 3.25. The van der Waals surface area contributed by atoms with Crippen LogP contribution in [0.1, 0.15) is 55.1 Å². The summed E-state index contributed by atoms with van der Waals surface area (Å²) in [7, 11) is 0. The lowest BCUT2D eigenvalue weighted by Gasteiger charge is -2.22. The predicted octanol–water partition coefficient (Wildman–Crippen LogP) is 3.36. The fourth-order valence-corrected chi connectivity index (χ4v) is 3.62. The van der Waals surface area contributed by atoms with Crippen molar-refractivity contribution in [1.82, 2.24) is 10.5 Å². The molecular weight excluding hydrogens is 342 g/mol. The summed E-state index contributed by atoms with van der Waals surface area (Å²) in [5.74, 6) is 0.989. The van der Waals surface area contributed by atoms with Crippen molar-refractivity contribution in [2.24, 2.45) is 5.92 Å². The summed E-state index contributed by atoms with van der Waals surface area (Å²) >= 11 is 0. The van der Waals surface area contributed by atoms with Gasteiger partial charge in [0, 0.05) is 12.5 Å². The third-order valence-electron chi connectivity index (χ3n) is 5.10. The number of hydrogen-bond donors (Lipinski definition) is 2. The van der Waals surface area contributed by atoms with Crippen LogP contribution in [0.5, 0.6) is 0 Å². The van der Waals surface area contributed by atoms with Crippen LogP contribution >= 0.6 is 0 Å². The number of aromatic nitrogens is 1. The summed E-state index contributed by atoms with van der Waals surface area (Å²) in [6.07, 6.45) is 3.86. The van der Waals surface area contributed by atoms with E-state index in [1.165, 1.54) is 23.1 Å². The van der Waals surface area contributed by atoms with Gasteiger partial charge in [0.15, 0.2) is 5.82 Å². The Bertz CT molecular complexity index is 826. The van der Waals surface area contributed by atoms with Crippen molar-refractivity contribution in [3.05, 3.63) is 46.7 Å². The first-order valence-electron chi connectivity index (χ1n) is 9.54. The Morgan fingerprint density at radius 3 is 2.63 bits per heavy atom. The molecule has 1 aliphatic carbocycles. The quantitative estimate of drug-likeness (QED) is 0.784. The summed E-state index contributed by atoms with van der Waals surface area (Å²) in [5, 5.41) is 9.01. The maximum atomic E-state index is 12.4. The molecule has 144 valence electrons. The second-order valence-electron chi connectivity index (χ2n) is 7.58. The fraction of sp³-hybridized carbons (Fsp3) is 0.476. The number of anilines is 1. The Labute approximate surface area is 159 Å². The van der Waals surface area contributed by atoms with Gasteiger partial charge in [0.05, 0.1) is 6.54 Å². The fourth-order valence-electron chi connectivity index (χ4n) is 3.62. The van der Waals surface area contributed by atoms with Crippen molar-refractivity contribution in [2.75, 3.05) is 11.9 Å². The molecule has 1 heterocycles. The van der Waals surface area contributed by atoms with Gasteiger partial charge < -0.3 is 15.2 Å². The SMILES string of the molecule is Cc1cc(NC(=O)CNC(=O)CC(c2ccc3c(c2)CCC3)C(C)C)no1. The molecule has 1 atom stereocenters. The van der Waals surface area contributed by atoms with Gasteiger partial charge in [0.25, 0.3) is 0 Å². The minimum atomic E-state index is -0.324. The lowest BCUT2D eigenvalue weighted by molar-refractivity contribution is -0.124. The molecule has 0 bridgehead atoms. The monoisotopic (exact) mass is 369 g/mol. The lowest BCUT2D eigenvalue weighted by atomic mass is 9.84. The van der Waals surface area contributed by atoms with E-state index in [0.717, 1.165) is 12.8 Å². The summed E-state index contributed by atoms with van der Waals surface area (Å²) in [5.41, 5.74) is 4.06. The first-order chi connectivity index (χ1) is 12.9. The van der Waals surface area contributed by atoms with Gasteiger partial charge in [-0.2, -0.15) is 0 Å². The van der Waals surface area contributed by atoms with Crippen molar-refractivity contribution >= 4 is 17.6 Å². The minimum absolute atomic E-state index is 0.0836. The Hall–Kier alpha value is -2.63. The zero-order valence-electron chi connectivity index (χ0n) is 16.2. The van der Waals surface area contributed by atoms with E-state index < -0.39 is 0 Å². The Balaban J connectivity index is 1.55. The zero-order valence-corrected chi connectivity index (χ0v) is 16.2. The number of nitrogens with one attached hydrogen (secondary N) is 2. The largest absolute Gasteiger partial charge is 0.360 e. The predicted molar refractivity (Wildman–Crippen MR) is 104 cm³/mol. The number of amides is 2. The second-order valence-corrected chi connectivity index (χ2v) is 7.58. The molecule has 2 aromatic rings. The standard InChI is InChI=1S/C21H27N3O3/c1-13(2)18(17-8-7-15-5-4-6-16(15)10-17)11-20(25)22-12-21(26)23-19-9-14(3)27-24-19/h7-10,13,18H,4-6,11-12H2,1-3H3,(H,22,25)(H,23,24,26). The van der Waals surface area contributed by atoms with Crippen LogP contribution in [0.15, 0.2) is 28.8 Å². The highest BCUT2D eigenvalue weighted by atomic mass is 16.5. The van der Waals surface area contributed by atoms with E-state index in [9.17, 15) is 9.59 Å². The van der Waals surface area contributed by atoms with Crippen LogP contribution in [0, 0.1) is 12.8 Å². The number of fused-ring (bicyclic) bond motifs is 1. The summed E-state index contributed by atoms with van der Waals surface area (Å²) in [6.45, 7) is 5.92. The first-order valence-corrected chi connectivity index (χ1v) is 9.54. The van der Waals surface area contributed by atoms with E-state index in [4.69, 9.17) is 4.52 Å². The van der Waals surface area contributed by atoms with E-state index in [1.807, 2.05) is 0 Å². The van der Waals surface area contributed by atoms with Gasteiger partial charge in [0.2, 0.25) is 11.8 Å². The Kier molecular flexibility index (Phi) is 5.94. The number of benzene rings is 1. The topological polar surface area (TPSA) is 84.2 Å². The van der Waals surface area contributed by atoms with Gasteiger partial charge in [-0.25, -0.2) is 0 Å². The lowest BCUT2D eigenvalue weighted by Crippen LogP contribution is -2.34. The van der Waals surface area contributed by atoms with Crippen molar-refractivity contribution in [2.45, 2.75) is 52.4 Å². The van der Waals surface area contributed by atoms with Crippen LogP contribution in [0.3, 0.4) is 0 Å². The van der Waals surface area contributed by atoms with Crippen molar-refractivity contribution in [3.63, 3.8) is 0 Å². The molecule has 0 saturated heterocycles. The molecule has 3 rings (SSSR count). The van der Waals surface area contributed by atoms with Crippen molar-refractivity contribution in [1.29, 1.82) is 0 Å². The number of hydrogen-bond acceptors (Lipinski definition) is 4. The van der Waals surface area contributed by atoms with Crippen LogP contribution in [-0.2, 0) is 22.4 Å². The van der Waals surface area contributed by atoms with Crippen molar-refractivity contribution in [3.8, 4) is 0 Å². The number of aryl methyl sites for hydroxylation is 3.